The zero-order chi connectivity index (χ0) is 21.2. The number of aryl methyl sites for hydroxylation is 1. The van der Waals surface area contributed by atoms with Crippen LogP contribution in [0.5, 0.6) is 0 Å². The Kier molecular flexibility index (Phi) is 5.33. The Morgan fingerprint density at radius 1 is 1.03 bits per heavy atom. The first-order valence-electron chi connectivity index (χ1n) is 8.09. The molecule has 0 spiro atoms. The molecule has 0 aliphatic carbocycles. The Labute approximate surface area is 163 Å². The molecule has 7 nitrogen and oxygen atoms in total. The number of sulfonamides is 1. The Balaban J connectivity index is 1.78. The Hall–Kier alpha value is -3.34. The minimum atomic E-state index is -4.82. The van der Waals surface area contributed by atoms with Crippen LogP contribution in [0.25, 0.3) is 0 Å². The van der Waals surface area contributed by atoms with Crippen LogP contribution in [0.3, 0.4) is 0 Å². The van der Waals surface area contributed by atoms with Gasteiger partial charge in [0.2, 0.25) is 0 Å². The highest BCUT2D eigenvalue weighted by molar-refractivity contribution is 7.92. The average molecular weight is 425 g/mol. The van der Waals surface area contributed by atoms with Gasteiger partial charge in [-0.1, -0.05) is 17.3 Å². The van der Waals surface area contributed by atoms with Crippen LogP contribution in [0, 0.1) is 6.92 Å². The minimum Gasteiger partial charge on any atom is -0.361 e. The van der Waals surface area contributed by atoms with E-state index in [1.54, 1.807) is 6.92 Å². The highest BCUT2D eigenvalue weighted by Gasteiger charge is 2.36. The zero-order valence-corrected chi connectivity index (χ0v) is 15.6. The number of carbonyl (C=O) groups excluding carboxylic acids is 1. The van der Waals surface area contributed by atoms with Crippen LogP contribution < -0.4 is 10.0 Å². The van der Waals surface area contributed by atoms with Crippen molar-refractivity contribution in [3.63, 3.8) is 0 Å². The van der Waals surface area contributed by atoms with Crippen LogP contribution in [0.15, 0.2) is 64.1 Å². The van der Waals surface area contributed by atoms with Crippen LogP contribution in [-0.4, -0.2) is 19.5 Å². The molecule has 0 bridgehead atoms. The second-order valence-corrected chi connectivity index (χ2v) is 7.58. The van der Waals surface area contributed by atoms with Crippen molar-refractivity contribution in [3.05, 3.63) is 71.6 Å². The molecule has 152 valence electrons. The number of benzene rings is 2. The molecule has 0 atom stereocenters. The molecule has 29 heavy (non-hydrogen) atoms. The predicted octanol–water partition coefficient (Wildman–Crippen LogP) is 4.05. The molecule has 1 amide bonds. The molecular weight excluding hydrogens is 411 g/mol. The topological polar surface area (TPSA) is 101 Å². The first kappa shape index (κ1) is 20.4. The Bertz CT molecular complexity index is 1140. The molecule has 3 rings (SSSR count). The maximum Gasteiger partial charge on any atom is 0.417 e. The highest BCUT2D eigenvalue weighted by atomic mass is 32.2. The van der Waals surface area contributed by atoms with Crippen molar-refractivity contribution in [3.8, 4) is 0 Å². The summed E-state index contributed by atoms with van der Waals surface area (Å²) in [4.78, 5) is 11.2. The third-order valence-corrected chi connectivity index (χ3v) is 5.31. The number of nitrogens with one attached hydrogen (secondary N) is 2. The molecule has 0 aliphatic heterocycles. The molecule has 2 aromatic carbocycles. The first-order chi connectivity index (χ1) is 13.6. The fourth-order valence-corrected chi connectivity index (χ4v) is 3.77. The van der Waals surface area contributed by atoms with E-state index in [9.17, 15) is 26.4 Å². The number of halogens is 3. The number of anilines is 2. The van der Waals surface area contributed by atoms with Crippen molar-refractivity contribution < 1.29 is 30.9 Å². The lowest BCUT2D eigenvalue weighted by molar-refractivity contribution is -0.139. The summed E-state index contributed by atoms with van der Waals surface area (Å²) in [5, 5.41) is 6.07. The molecule has 0 saturated heterocycles. The van der Waals surface area contributed by atoms with E-state index < -0.39 is 32.6 Å². The normalized spacial score (nSPS) is 11.9. The van der Waals surface area contributed by atoms with E-state index in [4.69, 9.17) is 4.52 Å². The van der Waals surface area contributed by atoms with Gasteiger partial charge in [0.05, 0.1) is 16.7 Å². The summed E-state index contributed by atoms with van der Waals surface area (Å²) in [5.41, 5.74) is -0.658. The molecule has 0 fully saturated rings. The SMILES string of the molecule is Cc1oncc1C(=O)Nc1ccc(NS(=O)(=O)c2ccccc2C(F)(F)F)cc1. The van der Waals surface area contributed by atoms with Gasteiger partial charge in [-0.15, -0.1) is 0 Å². The summed E-state index contributed by atoms with van der Waals surface area (Å²) in [6.45, 7) is 1.57. The van der Waals surface area contributed by atoms with E-state index in [1.165, 1.54) is 36.5 Å². The number of rotatable bonds is 5. The van der Waals surface area contributed by atoms with Crippen LogP contribution in [0.2, 0.25) is 0 Å². The van der Waals surface area contributed by atoms with E-state index in [0.717, 1.165) is 12.1 Å². The van der Waals surface area contributed by atoms with E-state index in [-0.39, 0.29) is 11.3 Å². The molecule has 1 heterocycles. The summed E-state index contributed by atoms with van der Waals surface area (Å²) >= 11 is 0. The van der Waals surface area contributed by atoms with Gasteiger partial charge in [-0.3, -0.25) is 9.52 Å². The molecule has 1 aromatic heterocycles. The molecular formula is C18H14F3N3O4S. The van der Waals surface area contributed by atoms with Gasteiger partial charge in [0, 0.05) is 11.4 Å². The summed E-state index contributed by atoms with van der Waals surface area (Å²) in [5.74, 6) is -0.147. The maximum absolute atomic E-state index is 13.1. The van der Waals surface area contributed by atoms with Gasteiger partial charge in [-0.2, -0.15) is 13.2 Å². The largest absolute Gasteiger partial charge is 0.417 e. The standard InChI is InChI=1S/C18H14F3N3O4S/c1-11-14(10-22-28-11)17(25)23-12-6-8-13(9-7-12)24-29(26,27)16-5-3-2-4-15(16)18(19,20)21/h2-10,24H,1H3,(H,23,25). The third-order valence-electron chi connectivity index (χ3n) is 3.87. The number of aromatic nitrogens is 1. The van der Waals surface area contributed by atoms with E-state index in [1.807, 2.05) is 0 Å². The highest BCUT2D eigenvalue weighted by Crippen LogP contribution is 2.34. The number of alkyl halides is 3. The van der Waals surface area contributed by atoms with Gasteiger partial charge in [-0.05, 0) is 43.3 Å². The van der Waals surface area contributed by atoms with Crippen molar-refractivity contribution in [2.45, 2.75) is 18.0 Å². The van der Waals surface area contributed by atoms with E-state index in [0.29, 0.717) is 17.5 Å². The van der Waals surface area contributed by atoms with Gasteiger partial charge in [-0.25, -0.2) is 8.42 Å². The number of hydrogen-bond acceptors (Lipinski definition) is 5. The van der Waals surface area contributed by atoms with Gasteiger partial charge < -0.3 is 9.84 Å². The Morgan fingerprint density at radius 2 is 1.66 bits per heavy atom. The maximum atomic E-state index is 13.1. The lowest BCUT2D eigenvalue weighted by Crippen LogP contribution is -2.19. The number of carbonyl (C=O) groups is 1. The van der Waals surface area contributed by atoms with Crippen molar-refractivity contribution >= 4 is 27.3 Å². The zero-order valence-electron chi connectivity index (χ0n) is 14.8. The number of amides is 1. The molecule has 3 aromatic rings. The number of hydrogen-bond donors (Lipinski definition) is 2. The van der Waals surface area contributed by atoms with Crippen LogP contribution in [0.1, 0.15) is 21.7 Å². The molecule has 11 heteroatoms. The summed E-state index contributed by atoms with van der Waals surface area (Å²) in [6.07, 6.45) is -3.56. The Morgan fingerprint density at radius 3 is 2.24 bits per heavy atom. The minimum absolute atomic E-state index is 0.0288. The van der Waals surface area contributed by atoms with Gasteiger partial charge >= 0.3 is 6.18 Å². The fraction of sp³-hybridized carbons (Fsp3) is 0.111. The quantitative estimate of drug-likeness (QED) is 0.642. The first-order valence-corrected chi connectivity index (χ1v) is 9.58. The van der Waals surface area contributed by atoms with Gasteiger partial charge in [0.15, 0.2) is 0 Å². The monoisotopic (exact) mass is 425 g/mol. The van der Waals surface area contributed by atoms with Gasteiger partial charge in [0.25, 0.3) is 15.9 Å². The van der Waals surface area contributed by atoms with Gasteiger partial charge in [0.1, 0.15) is 11.3 Å². The number of nitrogens with zero attached hydrogens (tertiary/aromatic N) is 1. The predicted molar refractivity (Wildman–Crippen MR) is 97.9 cm³/mol. The molecule has 2 N–H and O–H groups in total. The average Bonchev–Trinajstić information content (AvgIpc) is 3.08. The lowest BCUT2D eigenvalue weighted by atomic mass is 10.2. The van der Waals surface area contributed by atoms with Crippen LogP contribution >= 0.6 is 0 Å². The third kappa shape index (κ3) is 4.57. The van der Waals surface area contributed by atoms with Crippen molar-refractivity contribution in [1.29, 1.82) is 0 Å². The van der Waals surface area contributed by atoms with Crippen LogP contribution in [-0.2, 0) is 16.2 Å². The molecule has 0 radical (unpaired) electrons. The van der Waals surface area contributed by atoms with E-state index >= 15 is 0 Å². The van der Waals surface area contributed by atoms with E-state index in [2.05, 4.69) is 15.2 Å². The second-order valence-electron chi connectivity index (χ2n) is 5.93. The summed E-state index contributed by atoms with van der Waals surface area (Å²) < 4.78 is 71.0. The van der Waals surface area contributed by atoms with Crippen molar-refractivity contribution in [2.24, 2.45) is 0 Å². The fourth-order valence-electron chi connectivity index (χ4n) is 2.48. The molecule has 0 unspecified atom stereocenters. The van der Waals surface area contributed by atoms with Crippen molar-refractivity contribution in [2.75, 3.05) is 10.0 Å². The van der Waals surface area contributed by atoms with Crippen LogP contribution in [0.4, 0.5) is 24.5 Å². The lowest BCUT2D eigenvalue weighted by Gasteiger charge is -2.14. The van der Waals surface area contributed by atoms with Crippen molar-refractivity contribution in [1.82, 2.24) is 5.16 Å². The summed E-state index contributed by atoms with van der Waals surface area (Å²) in [6, 6.07) is 9.29. The molecule has 0 aliphatic rings. The second kappa shape index (κ2) is 7.59. The molecule has 0 saturated carbocycles. The summed E-state index contributed by atoms with van der Waals surface area (Å²) in [7, 11) is -4.48. The smallest absolute Gasteiger partial charge is 0.361 e.